The Hall–Kier alpha value is -2.00. The number of hydrogen-bond acceptors (Lipinski definition) is 2. The minimum Gasteiger partial charge on any atom is -0.497 e. The number of rotatable bonds is 4. The first kappa shape index (κ1) is 14.4. The number of amides is 1. The van der Waals surface area contributed by atoms with E-state index >= 15 is 0 Å². The van der Waals surface area contributed by atoms with Gasteiger partial charge in [-0.25, -0.2) is 0 Å². The highest BCUT2D eigenvalue weighted by molar-refractivity contribution is 6.31. The van der Waals surface area contributed by atoms with Crippen molar-refractivity contribution in [3.8, 4) is 5.75 Å². The minimum atomic E-state index is -0.0693. The van der Waals surface area contributed by atoms with Crippen LogP contribution >= 0.6 is 11.6 Å². The zero-order valence-corrected chi connectivity index (χ0v) is 12.2. The Labute approximate surface area is 123 Å². The largest absolute Gasteiger partial charge is 0.497 e. The summed E-state index contributed by atoms with van der Waals surface area (Å²) in [5.41, 5.74) is 1.41. The van der Waals surface area contributed by atoms with Gasteiger partial charge in [-0.3, -0.25) is 4.79 Å². The summed E-state index contributed by atoms with van der Waals surface area (Å²) in [5.74, 6) is 0.695. The highest BCUT2D eigenvalue weighted by atomic mass is 35.5. The fourth-order valence-corrected chi connectivity index (χ4v) is 2.17. The number of anilines is 1. The number of carbonyl (C=O) groups excluding carboxylic acids is 1. The Balaban J connectivity index is 2.29. The lowest BCUT2D eigenvalue weighted by Gasteiger charge is -2.21. The summed E-state index contributed by atoms with van der Waals surface area (Å²) in [6.07, 6.45) is 0. The van der Waals surface area contributed by atoms with Gasteiger partial charge in [0.15, 0.2) is 0 Å². The van der Waals surface area contributed by atoms with Gasteiger partial charge in [-0.05, 0) is 49.4 Å². The molecule has 0 spiro atoms. The van der Waals surface area contributed by atoms with Gasteiger partial charge in [0.05, 0.1) is 7.11 Å². The molecule has 0 bridgehead atoms. The van der Waals surface area contributed by atoms with Crippen LogP contribution < -0.4 is 9.64 Å². The predicted molar refractivity (Wildman–Crippen MR) is 81.8 cm³/mol. The van der Waals surface area contributed by atoms with Crippen molar-refractivity contribution >= 4 is 23.2 Å². The van der Waals surface area contributed by atoms with Crippen LogP contribution in [-0.4, -0.2) is 19.6 Å². The van der Waals surface area contributed by atoms with E-state index in [0.717, 1.165) is 11.4 Å². The lowest BCUT2D eigenvalue weighted by Crippen LogP contribution is -2.30. The molecule has 0 atom stereocenters. The van der Waals surface area contributed by atoms with Crippen molar-refractivity contribution in [2.75, 3.05) is 18.6 Å². The average molecular weight is 290 g/mol. The third-order valence-corrected chi connectivity index (χ3v) is 3.25. The molecule has 0 aliphatic rings. The molecule has 0 saturated carbocycles. The fraction of sp³-hybridized carbons (Fsp3) is 0.188. The first-order chi connectivity index (χ1) is 9.65. The molecule has 0 radical (unpaired) electrons. The summed E-state index contributed by atoms with van der Waals surface area (Å²) in [6, 6.07) is 14.4. The zero-order chi connectivity index (χ0) is 14.5. The molecule has 3 nitrogen and oxygen atoms in total. The quantitative estimate of drug-likeness (QED) is 0.851. The van der Waals surface area contributed by atoms with Crippen LogP contribution in [0.1, 0.15) is 17.3 Å². The maximum atomic E-state index is 12.5. The molecular weight excluding hydrogens is 274 g/mol. The second-order valence-corrected chi connectivity index (χ2v) is 4.69. The van der Waals surface area contributed by atoms with Gasteiger partial charge in [-0.1, -0.05) is 17.7 Å². The van der Waals surface area contributed by atoms with Crippen LogP contribution in [0.15, 0.2) is 48.5 Å². The SMILES string of the molecule is CCN(C(=O)c1cccc(Cl)c1)c1ccc(OC)cc1. The van der Waals surface area contributed by atoms with Crippen LogP contribution in [0.2, 0.25) is 5.02 Å². The van der Waals surface area contributed by atoms with E-state index < -0.39 is 0 Å². The zero-order valence-electron chi connectivity index (χ0n) is 11.5. The van der Waals surface area contributed by atoms with Crippen LogP contribution in [-0.2, 0) is 0 Å². The molecule has 0 aromatic heterocycles. The molecule has 2 rings (SSSR count). The number of nitrogens with zero attached hydrogens (tertiary/aromatic N) is 1. The molecule has 0 saturated heterocycles. The van der Waals surface area contributed by atoms with E-state index in [1.807, 2.05) is 31.2 Å². The van der Waals surface area contributed by atoms with Crippen LogP contribution in [0, 0.1) is 0 Å². The van der Waals surface area contributed by atoms with E-state index in [0.29, 0.717) is 17.1 Å². The van der Waals surface area contributed by atoms with E-state index in [1.165, 1.54) is 0 Å². The second-order valence-electron chi connectivity index (χ2n) is 4.26. The molecule has 104 valence electrons. The van der Waals surface area contributed by atoms with Crippen LogP contribution in [0.4, 0.5) is 5.69 Å². The van der Waals surface area contributed by atoms with E-state index in [2.05, 4.69) is 0 Å². The molecule has 0 heterocycles. The van der Waals surface area contributed by atoms with E-state index in [-0.39, 0.29) is 5.91 Å². The van der Waals surface area contributed by atoms with Crippen molar-refractivity contribution in [1.29, 1.82) is 0 Å². The standard InChI is InChI=1S/C16H16ClNO2/c1-3-18(14-7-9-15(20-2)10-8-14)16(19)12-5-4-6-13(17)11-12/h4-11H,3H2,1-2H3. The van der Waals surface area contributed by atoms with Gasteiger partial charge in [0, 0.05) is 22.8 Å². The Morgan fingerprint density at radius 2 is 1.90 bits per heavy atom. The van der Waals surface area contributed by atoms with Gasteiger partial charge < -0.3 is 9.64 Å². The third kappa shape index (κ3) is 3.11. The van der Waals surface area contributed by atoms with Gasteiger partial charge in [-0.15, -0.1) is 0 Å². The maximum absolute atomic E-state index is 12.5. The normalized spacial score (nSPS) is 10.2. The summed E-state index contributed by atoms with van der Waals surface area (Å²) in [6.45, 7) is 2.52. The smallest absolute Gasteiger partial charge is 0.258 e. The molecule has 2 aromatic rings. The summed E-state index contributed by atoms with van der Waals surface area (Å²) < 4.78 is 5.12. The first-order valence-corrected chi connectivity index (χ1v) is 6.75. The Morgan fingerprint density at radius 3 is 2.45 bits per heavy atom. The number of halogens is 1. The molecule has 0 unspecified atom stereocenters. The van der Waals surface area contributed by atoms with Crippen molar-refractivity contribution in [3.63, 3.8) is 0 Å². The number of ether oxygens (including phenoxy) is 1. The summed E-state index contributed by atoms with van der Waals surface area (Å²) in [5, 5.41) is 0.557. The van der Waals surface area contributed by atoms with Gasteiger partial charge in [0.2, 0.25) is 0 Å². The van der Waals surface area contributed by atoms with E-state index in [9.17, 15) is 4.79 Å². The molecule has 20 heavy (non-hydrogen) atoms. The molecule has 0 aliphatic carbocycles. The predicted octanol–water partition coefficient (Wildman–Crippen LogP) is 4.02. The minimum absolute atomic E-state index is 0.0693. The number of benzene rings is 2. The van der Waals surface area contributed by atoms with E-state index in [4.69, 9.17) is 16.3 Å². The lowest BCUT2D eigenvalue weighted by atomic mass is 10.1. The van der Waals surface area contributed by atoms with Crippen LogP contribution in [0.5, 0.6) is 5.75 Å². The topological polar surface area (TPSA) is 29.5 Å². The molecule has 2 aromatic carbocycles. The van der Waals surface area contributed by atoms with E-state index in [1.54, 1.807) is 36.3 Å². The number of methoxy groups -OCH3 is 1. The van der Waals surface area contributed by atoms with Crippen molar-refractivity contribution in [2.45, 2.75) is 6.92 Å². The van der Waals surface area contributed by atoms with Crippen LogP contribution in [0.25, 0.3) is 0 Å². The average Bonchev–Trinajstić information content (AvgIpc) is 2.48. The molecule has 0 aliphatic heterocycles. The van der Waals surface area contributed by atoms with Crippen LogP contribution in [0.3, 0.4) is 0 Å². The maximum Gasteiger partial charge on any atom is 0.258 e. The highest BCUT2D eigenvalue weighted by Gasteiger charge is 2.16. The van der Waals surface area contributed by atoms with Gasteiger partial charge in [0.25, 0.3) is 5.91 Å². The van der Waals surface area contributed by atoms with Crippen molar-refractivity contribution in [1.82, 2.24) is 0 Å². The molecule has 4 heteroatoms. The third-order valence-electron chi connectivity index (χ3n) is 3.02. The van der Waals surface area contributed by atoms with Crippen molar-refractivity contribution in [3.05, 3.63) is 59.1 Å². The fourth-order valence-electron chi connectivity index (χ4n) is 1.98. The summed E-state index contributed by atoms with van der Waals surface area (Å²) >= 11 is 5.94. The van der Waals surface area contributed by atoms with Crippen molar-refractivity contribution < 1.29 is 9.53 Å². The first-order valence-electron chi connectivity index (χ1n) is 6.37. The van der Waals surface area contributed by atoms with Crippen molar-refractivity contribution in [2.24, 2.45) is 0 Å². The Morgan fingerprint density at radius 1 is 1.20 bits per heavy atom. The highest BCUT2D eigenvalue weighted by Crippen LogP contribution is 2.21. The number of carbonyl (C=O) groups is 1. The Kier molecular flexibility index (Phi) is 4.64. The molecule has 0 fully saturated rings. The van der Waals surface area contributed by atoms with Gasteiger partial charge in [-0.2, -0.15) is 0 Å². The molecule has 1 amide bonds. The monoisotopic (exact) mass is 289 g/mol. The number of hydrogen-bond donors (Lipinski definition) is 0. The van der Waals surface area contributed by atoms with Gasteiger partial charge >= 0.3 is 0 Å². The lowest BCUT2D eigenvalue weighted by molar-refractivity contribution is 0.0988. The summed E-state index contributed by atoms with van der Waals surface area (Å²) in [7, 11) is 1.61. The molecular formula is C16H16ClNO2. The molecule has 0 N–H and O–H groups in total. The second kappa shape index (κ2) is 6.44. The summed E-state index contributed by atoms with van der Waals surface area (Å²) in [4.78, 5) is 14.2. The Bertz CT molecular complexity index is 596. The van der Waals surface area contributed by atoms with Gasteiger partial charge in [0.1, 0.15) is 5.75 Å².